The van der Waals surface area contributed by atoms with Crippen molar-refractivity contribution in [3.8, 4) is 0 Å². The van der Waals surface area contributed by atoms with Gasteiger partial charge in [-0.2, -0.15) is 0 Å². The second-order valence-electron chi connectivity index (χ2n) is 6.30. The number of hydrogen-bond donors (Lipinski definition) is 2. The summed E-state index contributed by atoms with van der Waals surface area (Å²) >= 11 is 0. The fraction of sp³-hybridized carbons (Fsp3) is 0.750. The standard InChI is InChI=1S/C16H28N4O3/c1-12-13(2)23-15(18-12)11-20-6-4-14(5-7-20)10-17-16(22)19(3)8-9-21/h14,21H,4-11H2,1-3H3,(H,17,22). The normalized spacial score (nSPS) is 16.5. The second kappa shape index (κ2) is 8.31. The molecule has 7 nitrogen and oxygen atoms in total. The lowest BCUT2D eigenvalue weighted by atomic mass is 9.97. The van der Waals surface area contributed by atoms with E-state index in [4.69, 9.17) is 9.52 Å². The Labute approximate surface area is 137 Å². The molecule has 130 valence electrons. The summed E-state index contributed by atoms with van der Waals surface area (Å²) in [4.78, 5) is 20.1. The number of carbonyl (C=O) groups is 1. The van der Waals surface area contributed by atoms with Crippen LogP contribution in [-0.2, 0) is 6.54 Å². The summed E-state index contributed by atoms with van der Waals surface area (Å²) in [6.07, 6.45) is 2.12. The van der Waals surface area contributed by atoms with Gasteiger partial charge in [-0.05, 0) is 45.7 Å². The minimum absolute atomic E-state index is 0.0118. The summed E-state index contributed by atoms with van der Waals surface area (Å²) in [7, 11) is 1.69. The van der Waals surface area contributed by atoms with Crippen molar-refractivity contribution < 1.29 is 14.3 Å². The van der Waals surface area contributed by atoms with Crippen LogP contribution in [0.3, 0.4) is 0 Å². The molecule has 0 aromatic carbocycles. The number of rotatable bonds is 6. The Hall–Kier alpha value is -1.60. The monoisotopic (exact) mass is 324 g/mol. The predicted molar refractivity (Wildman–Crippen MR) is 87.1 cm³/mol. The Kier molecular flexibility index (Phi) is 6.41. The summed E-state index contributed by atoms with van der Waals surface area (Å²) in [6.45, 7) is 7.69. The van der Waals surface area contributed by atoms with Crippen LogP contribution in [-0.4, -0.2) is 65.8 Å². The Balaban J connectivity index is 1.68. The van der Waals surface area contributed by atoms with Gasteiger partial charge in [-0.25, -0.2) is 9.78 Å². The molecule has 1 aromatic rings. The SMILES string of the molecule is Cc1nc(CN2CCC(CNC(=O)N(C)CCO)CC2)oc1C. The van der Waals surface area contributed by atoms with Crippen molar-refractivity contribution in [1.29, 1.82) is 0 Å². The molecule has 0 aliphatic carbocycles. The first-order valence-corrected chi connectivity index (χ1v) is 8.24. The largest absolute Gasteiger partial charge is 0.444 e. The highest BCUT2D eigenvalue weighted by molar-refractivity contribution is 5.73. The van der Waals surface area contributed by atoms with Crippen LogP contribution in [0, 0.1) is 19.8 Å². The van der Waals surface area contributed by atoms with Gasteiger partial charge in [0.15, 0.2) is 0 Å². The van der Waals surface area contributed by atoms with Crippen LogP contribution in [0.2, 0.25) is 0 Å². The van der Waals surface area contributed by atoms with Crippen molar-refractivity contribution in [1.82, 2.24) is 20.1 Å². The summed E-state index contributed by atoms with van der Waals surface area (Å²) in [5.41, 5.74) is 0.963. The number of urea groups is 1. The number of oxazole rings is 1. The molecule has 0 saturated carbocycles. The number of carbonyl (C=O) groups excluding carboxylic acids is 1. The maximum absolute atomic E-state index is 11.8. The molecule has 1 saturated heterocycles. The van der Waals surface area contributed by atoms with Crippen molar-refractivity contribution in [2.45, 2.75) is 33.2 Å². The third-order valence-electron chi connectivity index (χ3n) is 4.46. The van der Waals surface area contributed by atoms with E-state index in [-0.39, 0.29) is 12.6 Å². The summed E-state index contributed by atoms with van der Waals surface area (Å²) in [6, 6.07) is -0.118. The van der Waals surface area contributed by atoms with Crippen LogP contribution < -0.4 is 5.32 Å². The van der Waals surface area contributed by atoms with Crippen LogP contribution in [0.25, 0.3) is 0 Å². The molecule has 0 unspecified atom stereocenters. The number of aliphatic hydroxyl groups excluding tert-OH is 1. The van der Waals surface area contributed by atoms with E-state index in [9.17, 15) is 4.79 Å². The zero-order valence-corrected chi connectivity index (χ0v) is 14.3. The average molecular weight is 324 g/mol. The number of hydrogen-bond acceptors (Lipinski definition) is 5. The summed E-state index contributed by atoms with van der Waals surface area (Å²) < 4.78 is 5.64. The van der Waals surface area contributed by atoms with E-state index in [2.05, 4.69) is 15.2 Å². The first-order valence-electron chi connectivity index (χ1n) is 8.24. The lowest BCUT2D eigenvalue weighted by Gasteiger charge is -2.31. The van der Waals surface area contributed by atoms with Crippen molar-refractivity contribution >= 4 is 6.03 Å². The van der Waals surface area contributed by atoms with Crippen molar-refractivity contribution in [2.75, 3.05) is 39.8 Å². The smallest absolute Gasteiger partial charge is 0.317 e. The number of likely N-dealkylation sites (tertiary alicyclic amines) is 1. The van der Waals surface area contributed by atoms with Gasteiger partial charge in [0, 0.05) is 20.1 Å². The first kappa shape index (κ1) is 17.7. The van der Waals surface area contributed by atoms with Crippen LogP contribution in [0.15, 0.2) is 4.42 Å². The Morgan fingerprint density at radius 2 is 2.13 bits per heavy atom. The number of aliphatic hydroxyl groups is 1. The minimum atomic E-state index is -0.118. The average Bonchev–Trinajstić information content (AvgIpc) is 2.84. The molecule has 1 aromatic heterocycles. The molecule has 2 amide bonds. The molecule has 1 aliphatic heterocycles. The molecule has 0 spiro atoms. The van der Waals surface area contributed by atoms with Gasteiger partial charge in [0.2, 0.25) is 5.89 Å². The molecule has 2 N–H and O–H groups in total. The molecule has 0 bridgehead atoms. The highest BCUT2D eigenvalue weighted by Gasteiger charge is 2.21. The third kappa shape index (κ3) is 5.21. The van der Waals surface area contributed by atoms with Gasteiger partial charge in [-0.1, -0.05) is 0 Å². The number of aromatic nitrogens is 1. The number of likely N-dealkylation sites (N-methyl/N-ethyl adjacent to an activating group) is 1. The van der Waals surface area contributed by atoms with E-state index in [1.54, 1.807) is 7.05 Å². The Morgan fingerprint density at radius 1 is 1.43 bits per heavy atom. The molecule has 0 atom stereocenters. The number of amides is 2. The number of nitrogens with one attached hydrogen (secondary N) is 1. The maximum atomic E-state index is 11.8. The van der Waals surface area contributed by atoms with Gasteiger partial charge >= 0.3 is 6.03 Å². The molecule has 2 heterocycles. The molecular formula is C16H28N4O3. The molecule has 23 heavy (non-hydrogen) atoms. The quantitative estimate of drug-likeness (QED) is 0.820. The lowest BCUT2D eigenvalue weighted by molar-refractivity contribution is 0.157. The van der Waals surface area contributed by atoms with Crippen molar-refractivity contribution in [3.05, 3.63) is 17.3 Å². The van der Waals surface area contributed by atoms with E-state index >= 15 is 0 Å². The molecule has 0 radical (unpaired) electrons. The zero-order valence-electron chi connectivity index (χ0n) is 14.3. The fourth-order valence-electron chi connectivity index (χ4n) is 2.76. The van der Waals surface area contributed by atoms with Crippen molar-refractivity contribution in [2.24, 2.45) is 5.92 Å². The number of piperidine rings is 1. The molecule has 1 aliphatic rings. The van der Waals surface area contributed by atoms with E-state index in [1.165, 1.54) is 4.90 Å². The van der Waals surface area contributed by atoms with Gasteiger partial charge < -0.3 is 19.7 Å². The number of aryl methyl sites for hydroxylation is 2. The van der Waals surface area contributed by atoms with Crippen LogP contribution in [0.1, 0.15) is 30.2 Å². The summed E-state index contributed by atoms with van der Waals surface area (Å²) in [5.74, 6) is 2.19. The topological polar surface area (TPSA) is 81.8 Å². The molecular weight excluding hydrogens is 296 g/mol. The van der Waals surface area contributed by atoms with Crippen LogP contribution in [0.5, 0.6) is 0 Å². The molecule has 1 fully saturated rings. The molecule has 7 heteroatoms. The zero-order chi connectivity index (χ0) is 16.8. The summed E-state index contributed by atoms with van der Waals surface area (Å²) in [5, 5.41) is 11.8. The Bertz CT molecular complexity index is 490. The second-order valence-corrected chi connectivity index (χ2v) is 6.30. The molecule has 2 rings (SSSR count). The predicted octanol–water partition coefficient (Wildman–Crippen LogP) is 1.14. The fourth-order valence-corrected chi connectivity index (χ4v) is 2.76. The van der Waals surface area contributed by atoms with Gasteiger partial charge in [-0.3, -0.25) is 4.90 Å². The van der Waals surface area contributed by atoms with Crippen LogP contribution >= 0.6 is 0 Å². The van der Waals surface area contributed by atoms with Crippen LogP contribution in [0.4, 0.5) is 4.79 Å². The van der Waals surface area contributed by atoms with E-state index in [0.717, 1.165) is 49.8 Å². The van der Waals surface area contributed by atoms with E-state index in [1.807, 2.05) is 13.8 Å². The van der Waals surface area contributed by atoms with E-state index in [0.29, 0.717) is 19.0 Å². The van der Waals surface area contributed by atoms with Gasteiger partial charge in [-0.15, -0.1) is 0 Å². The van der Waals surface area contributed by atoms with E-state index < -0.39 is 0 Å². The maximum Gasteiger partial charge on any atom is 0.317 e. The number of nitrogens with zero attached hydrogens (tertiary/aromatic N) is 3. The third-order valence-corrected chi connectivity index (χ3v) is 4.46. The highest BCUT2D eigenvalue weighted by atomic mass is 16.4. The minimum Gasteiger partial charge on any atom is -0.444 e. The van der Waals surface area contributed by atoms with Crippen molar-refractivity contribution in [3.63, 3.8) is 0 Å². The van der Waals surface area contributed by atoms with Gasteiger partial charge in [0.1, 0.15) is 5.76 Å². The van der Waals surface area contributed by atoms with Gasteiger partial charge in [0.05, 0.1) is 18.8 Å². The highest BCUT2D eigenvalue weighted by Crippen LogP contribution is 2.19. The van der Waals surface area contributed by atoms with Gasteiger partial charge in [0.25, 0.3) is 0 Å². The Morgan fingerprint density at radius 3 is 2.70 bits per heavy atom. The first-order chi connectivity index (χ1) is 11.0. The lowest BCUT2D eigenvalue weighted by Crippen LogP contribution is -2.43.